The zero-order chi connectivity index (χ0) is 13.9. The van der Waals surface area contributed by atoms with E-state index in [-0.39, 0.29) is 0 Å². The number of hydrogen-bond donors (Lipinski definition) is 2. The predicted molar refractivity (Wildman–Crippen MR) is 76.3 cm³/mol. The molecule has 1 atom stereocenters. The van der Waals surface area contributed by atoms with E-state index in [0.717, 1.165) is 38.4 Å². The number of rotatable bonds is 9. The van der Waals surface area contributed by atoms with Crippen molar-refractivity contribution in [1.82, 2.24) is 10.2 Å². The van der Waals surface area contributed by atoms with E-state index >= 15 is 0 Å². The first-order chi connectivity index (χ1) is 9.03. The molecule has 0 aliphatic heterocycles. The average molecular weight is 268 g/mol. The molecule has 110 valence electrons. The van der Waals surface area contributed by atoms with Crippen molar-refractivity contribution in [3.63, 3.8) is 0 Å². The summed E-state index contributed by atoms with van der Waals surface area (Å²) in [5.74, 6) is 0.145. The molecular formula is C15H28N2O2. The van der Waals surface area contributed by atoms with Gasteiger partial charge in [0.15, 0.2) is 0 Å². The molecule has 0 bridgehead atoms. The van der Waals surface area contributed by atoms with Gasteiger partial charge < -0.3 is 10.0 Å². The lowest BCUT2D eigenvalue weighted by Gasteiger charge is -2.34. The lowest BCUT2D eigenvalue weighted by molar-refractivity contribution is -0.144. The average Bonchev–Trinajstić information content (AvgIpc) is 3.10. The van der Waals surface area contributed by atoms with Crippen molar-refractivity contribution in [3.05, 3.63) is 0 Å². The van der Waals surface area contributed by atoms with E-state index in [2.05, 4.69) is 17.1 Å². The topological polar surface area (TPSA) is 52.6 Å². The molecule has 2 saturated carbocycles. The van der Waals surface area contributed by atoms with Crippen LogP contribution < -0.4 is 5.32 Å². The van der Waals surface area contributed by atoms with Crippen LogP contribution in [0.2, 0.25) is 0 Å². The molecule has 2 aliphatic carbocycles. The minimum absolute atomic E-state index is 0.433. The highest BCUT2D eigenvalue weighted by Gasteiger charge is 2.38. The van der Waals surface area contributed by atoms with Crippen LogP contribution in [-0.2, 0) is 4.79 Å². The minimum atomic E-state index is -0.756. The van der Waals surface area contributed by atoms with Crippen LogP contribution in [0.5, 0.6) is 0 Å². The van der Waals surface area contributed by atoms with Gasteiger partial charge in [-0.15, -0.1) is 0 Å². The Kier molecular flexibility index (Phi) is 4.85. The summed E-state index contributed by atoms with van der Waals surface area (Å²) >= 11 is 0. The number of aliphatic carboxylic acids is 1. The maximum absolute atomic E-state index is 11.5. The molecule has 0 radical (unpaired) electrons. The Balaban J connectivity index is 1.79. The summed E-state index contributed by atoms with van der Waals surface area (Å²) in [7, 11) is 0. The molecule has 2 fully saturated rings. The molecule has 2 N–H and O–H groups in total. The van der Waals surface area contributed by atoms with Gasteiger partial charge in [0, 0.05) is 19.1 Å². The van der Waals surface area contributed by atoms with E-state index in [1.807, 2.05) is 6.92 Å². The molecule has 4 nitrogen and oxygen atoms in total. The van der Waals surface area contributed by atoms with E-state index in [1.54, 1.807) is 0 Å². The van der Waals surface area contributed by atoms with Crippen molar-refractivity contribution in [1.29, 1.82) is 0 Å². The third-order valence-corrected chi connectivity index (χ3v) is 4.69. The third-order valence-electron chi connectivity index (χ3n) is 4.69. The van der Waals surface area contributed by atoms with Gasteiger partial charge in [-0.2, -0.15) is 0 Å². The SMILES string of the molecule is CCN(CCC(C)(NC1CC1)C(=O)O)CC1CCC1. The van der Waals surface area contributed by atoms with Crippen molar-refractivity contribution in [2.45, 2.75) is 64.0 Å². The van der Waals surface area contributed by atoms with Crippen LogP contribution in [0.1, 0.15) is 52.4 Å². The molecule has 19 heavy (non-hydrogen) atoms. The van der Waals surface area contributed by atoms with Crippen molar-refractivity contribution in [2.75, 3.05) is 19.6 Å². The molecule has 0 saturated heterocycles. The highest BCUT2D eigenvalue weighted by Crippen LogP contribution is 2.28. The molecule has 2 rings (SSSR count). The zero-order valence-corrected chi connectivity index (χ0v) is 12.3. The summed E-state index contributed by atoms with van der Waals surface area (Å²) in [6, 6.07) is 0.433. The largest absolute Gasteiger partial charge is 0.480 e. The van der Waals surface area contributed by atoms with E-state index in [4.69, 9.17) is 0 Å². The Bertz CT molecular complexity index is 313. The van der Waals surface area contributed by atoms with Gasteiger partial charge in [0.05, 0.1) is 0 Å². The van der Waals surface area contributed by atoms with Gasteiger partial charge in [-0.3, -0.25) is 10.1 Å². The molecular weight excluding hydrogens is 240 g/mol. The van der Waals surface area contributed by atoms with Gasteiger partial charge in [0.1, 0.15) is 5.54 Å². The standard InChI is InChI=1S/C15H28N2O2/c1-3-17(11-12-5-4-6-12)10-9-15(2,14(18)19)16-13-7-8-13/h12-13,16H,3-11H2,1-2H3,(H,18,19). The summed E-state index contributed by atoms with van der Waals surface area (Å²) in [6.07, 6.45) is 7.03. The lowest BCUT2D eigenvalue weighted by atomic mass is 9.85. The molecule has 0 aromatic carbocycles. The first kappa shape index (κ1) is 14.8. The number of nitrogens with one attached hydrogen (secondary N) is 1. The van der Waals surface area contributed by atoms with Crippen LogP contribution in [0.15, 0.2) is 0 Å². The smallest absolute Gasteiger partial charge is 0.323 e. The summed E-state index contributed by atoms with van der Waals surface area (Å²) < 4.78 is 0. The molecule has 0 aromatic rings. The molecule has 0 heterocycles. The highest BCUT2D eigenvalue weighted by molar-refractivity contribution is 5.78. The van der Waals surface area contributed by atoms with Crippen LogP contribution in [-0.4, -0.2) is 47.2 Å². The normalized spacial score (nSPS) is 23.1. The van der Waals surface area contributed by atoms with E-state index < -0.39 is 11.5 Å². The van der Waals surface area contributed by atoms with Gasteiger partial charge >= 0.3 is 5.97 Å². The third kappa shape index (κ3) is 4.18. The molecule has 0 spiro atoms. The monoisotopic (exact) mass is 268 g/mol. The number of nitrogens with zero attached hydrogens (tertiary/aromatic N) is 1. The quantitative estimate of drug-likeness (QED) is 0.672. The van der Waals surface area contributed by atoms with Gasteiger partial charge in [-0.25, -0.2) is 0 Å². The van der Waals surface area contributed by atoms with E-state index in [1.165, 1.54) is 19.3 Å². The highest BCUT2D eigenvalue weighted by atomic mass is 16.4. The lowest BCUT2D eigenvalue weighted by Crippen LogP contribution is -2.52. The summed E-state index contributed by atoms with van der Waals surface area (Å²) in [5, 5.41) is 12.8. The second-order valence-electron chi connectivity index (χ2n) is 6.50. The Morgan fingerprint density at radius 2 is 2.05 bits per heavy atom. The van der Waals surface area contributed by atoms with Crippen LogP contribution in [0.25, 0.3) is 0 Å². The maximum atomic E-state index is 11.5. The number of carboxylic acid groups (broad SMARTS) is 1. The molecule has 1 unspecified atom stereocenters. The second kappa shape index (κ2) is 6.23. The first-order valence-corrected chi connectivity index (χ1v) is 7.77. The van der Waals surface area contributed by atoms with Crippen molar-refractivity contribution >= 4 is 5.97 Å². The first-order valence-electron chi connectivity index (χ1n) is 7.77. The van der Waals surface area contributed by atoms with Crippen molar-refractivity contribution in [3.8, 4) is 0 Å². The number of carboxylic acids is 1. The fourth-order valence-electron chi connectivity index (χ4n) is 2.72. The molecule has 4 heteroatoms. The fourth-order valence-corrected chi connectivity index (χ4v) is 2.72. The molecule has 2 aliphatic rings. The summed E-state index contributed by atoms with van der Waals surface area (Å²) in [4.78, 5) is 13.9. The van der Waals surface area contributed by atoms with Crippen molar-refractivity contribution in [2.24, 2.45) is 5.92 Å². The molecule has 0 amide bonds. The van der Waals surface area contributed by atoms with Crippen LogP contribution >= 0.6 is 0 Å². The van der Waals surface area contributed by atoms with Crippen molar-refractivity contribution < 1.29 is 9.90 Å². The summed E-state index contributed by atoms with van der Waals surface area (Å²) in [5.41, 5.74) is -0.756. The number of hydrogen-bond acceptors (Lipinski definition) is 3. The van der Waals surface area contributed by atoms with Crippen LogP contribution in [0.4, 0.5) is 0 Å². The molecule has 0 aromatic heterocycles. The van der Waals surface area contributed by atoms with Gasteiger partial charge in [0.2, 0.25) is 0 Å². The van der Waals surface area contributed by atoms with Gasteiger partial charge in [-0.05, 0) is 51.5 Å². The summed E-state index contributed by atoms with van der Waals surface area (Å²) in [6.45, 7) is 7.07. The van der Waals surface area contributed by atoms with Gasteiger partial charge in [0.25, 0.3) is 0 Å². The zero-order valence-electron chi connectivity index (χ0n) is 12.3. The van der Waals surface area contributed by atoms with Gasteiger partial charge in [-0.1, -0.05) is 13.3 Å². The van der Waals surface area contributed by atoms with Crippen LogP contribution in [0.3, 0.4) is 0 Å². The maximum Gasteiger partial charge on any atom is 0.323 e. The Morgan fingerprint density at radius 3 is 2.47 bits per heavy atom. The Labute approximate surface area is 116 Å². The minimum Gasteiger partial charge on any atom is -0.480 e. The fraction of sp³-hybridized carbons (Fsp3) is 0.933. The number of carbonyl (C=O) groups is 1. The Morgan fingerprint density at radius 1 is 1.37 bits per heavy atom. The second-order valence-corrected chi connectivity index (χ2v) is 6.50. The van der Waals surface area contributed by atoms with E-state index in [9.17, 15) is 9.90 Å². The van der Waals surface area contributed by atoms with E-state index in [0.29, 0.717) is 12.5 Å². The van der Waals surface area contributed by atoms with Crippen LogP contribution in [0, 0.1) is 5.92 Å². The Hall–Kier alpha value is -0.610. The predicted octanol–water partition coefficient (Wildman–Crippen LogP) is 2.09.